The minimum absolute atomic E-state index is 0.126. The molecule has 0 bridgehead atoms. The van der Waals surface area contributed by atoms with E-state index in [0.717, 1.165) is 39.5 Å². The first kappa shape index (κ1) is 23.8. The van der Waals surface area contributed by atoms with E-state index in [9.17, 15) is 9.59 Å². The first-order chi connectivity index (χ1) is 16.2. The lowest BCUT2D eigenvalue weighted by molar-refractivity contribution is -0.121. The van der Waals surface area contributed by atoms with E-state index < -0.39 is 0 Å². The molecule has 3 heterocycles. The second kappa shape index (κ2) is 9.46. The molecular formula is C25H28ClN5O3. The predicted octanol–water partition coefficient (Wildman–Crippen LogP) is 4.12. The highest BCUT2D eigenvalue weighted by atomic mass is 35.5. The highest BCUT2D eigenvalue weighted by molar-refractivity contribution is 6.30. The van der Waals surface area contributed by atoms with Crippen LogP contribution in [0.3, 0.4) is 0 Å². The fourth-order valence-electron chi connectivity index (χ4n) is 4.26. The quantitative estimate of drug-likeness (QED) is 0.428. The van der Waals surface area contributed by atoms with Gasteiger partial charge in [0.2, 0.25) is 5.91 Å². The first-order valence-corrected chi connectivity index (χ1v) is 11.6. The molecule has 1 amide bonds. The smallest absolute Gasteiger partial charge is 0.263 e. The summed E-state index contributed by atoms with van der Waals surface area (Å²) in [5.74, 6) is 0.641. The normalized spacial score (nSPS) is 11.4. The molecule has 0 fully saturated rings. The maximum Gasteiger partial charge on any atom is 0.263 e. The van der Waals surface area contributed by atoms with Crippen LogP contribution >= 0.6 is 11.6 Å². The van der Waals surface area contributed by atoms with Crippen molar-refractivity contribution in [2.45, 2.75) is 54.0 Å². The third-order valence-corrected chi connectivity index (χ3v) is 6.59. The molecule has 0 spiro atoms. The molecule has 3 aromatic heterocycles. The number of amides is 1. The summed E-state index contributed by atoms with van der Waals surface area (Å²) in [6, 6.07) is 5.67. The number of nitrogens with zero attached hydrogens (tertiary/aromatic N) is 4. The lowest BCUT2D eigenvalue weighted by atomic mass is 10.1. The molecule has 0 aliphatic carbocycles. The number of hydrogen-bond acceptors (Lipinski definition) is 5. The lowest BCUT2D eigenvalue weighted by Crippen LogP contribution is -2.29. The third-order valence-electron chi connectivity index (χ3n) is 6.35. The average molecular weight is 482 g/mol. The van der Waals surface area contributed by atoms with Crippen LogP contribution in [0.1, 0.15) is 40.3 Å². The number of aromatic nitrogens is 4. The first-order valence-electron chi connectivity index (χ1n) is 11.2. The molecule has 34 heavy (non-hydrogen) atoms. The van der Waals surface area contributed by atoms with Gasteiger partial charge in [-0.05, 0) is 64.3 Å². The van der Waals surface area contributed by atoms with E-state index in [1.807, 2.05) is 57.4 Å². The van der Waals surface area contributed by atoms with Crippen molar-refractivity contribution >= 4 is 28.5 Å². The van der Waals surface area contributed by atoms with Gasteiger partial charge in [-0.15, -0.1) is 0 Å². The molecule has 1 N–H and O–H groups in total. The van der Waals surface area contributed by atoms with Gasteiger partial charge in [0, 0.05) is 35.8 Å². The Balaban J connectivity index is 1.52. The zero-order valence-electron chi connectivity index (χ0n) is 20.0. The summed E-state index contributed by atoms with van der Waals surface area (Å²) < 4.78 is 8.62. The maximum atomic E-state index is 13.3. The number of carbonyl (C=O) groups excluding carboxylic acids is 1. The van der Waals surface area contributed by atoms with Crippen molar-refractivity contribution in [2.75, 3.05) is 6.54 Å². The van der Waals surface area contributed by atoms with Crippen molar-refractivity contribution in [1.82, 2.24) is 24.6 Å². The van der Waals surface area contributed by atoms with Crippen molar-refractivity contribution in [2.24, 2.45) is 0 Å². The van der Waals surface area contributed by atoms with Crippen LogP contribution in [0.25, 0.3) is 16.7 Å². The molecule has 4 aromatic rings. The van der Waals surface area contributed by atoms with Crippen molar-refractivity contribution in [1.29, 1.82) is 0 Å². The van der Waals surface area contributed by atoms with Gasteiger partial charge in [-0.3, -0.25) is 18.7 Å². The Hall–Kier alpha value is -3.39. The number of rotatable bonds is 7. The molecule has 1 aromatic carbocycles. The van der Waals surface area contributed by atoms with Gasteiger partial charge in [-0.2, -0.15) is 0 Å². The molecule has 0 atom stereocenters. The summed E-state index contributed by atoms with van der Waals surface area (Å²) in [5.41, 5.74) is 6.00. The predicted molar refractivity (Wildman–Crippen MR) is 132 cm³/mol. The van der Waals surface area contributed by atoms with E-state index in [4.69, 9.17) is 16.1 Å². The van der Waals surface area contributed by atoms with Crippen LogP contribution in [-0.4, -0.2) is 31.7 Å². The molecule has 0 saturated carbocycles. The minimum Gasteiger partial charge on any atom is -0.361 e. The summed E-state index contributed by atoms with van der Waals surface area (Å²) in [4.78, 5) is 30.3. The number of hydrogen-bond donors (Lipinski definition) is 1. The van der Waals surface area contributed by atoms with Gasteiger partial charge < -0.3 is 9.84 Å². The van der Waals surface area contributed by atoms with Gasteiger partial charge >= 0.3 is 0 Å². The summed E-state index contributed by atoms with van der Waals surface area (Å²) >= 11 is 6.24. The van der Waals surface area contributed by atoms with Crippen LogP contribution in [0.2, 0.25) is 5.02 Å². The number of fused-ring (bicyclic) bond motifs is 1. The molecule has 8 nitrogen and oxygen atoms in total. The Morgan fingerprint density at radius 3 is 2.65 bits per heavy atom. The number of halogens is 1. The van der Waals surface area contributed by atoms with Crippen LogP contribution < -0.4 is 10.9 Å². The molecule has 9 heteroatoms. The van der Waals surface area contributed by atoms with Crippen molar-refractivity contribution < 1.29 is 9.32 Å². The van der Waals surface area contributed by atoms with E-state index in [1.54, 1.807) is 0 Å². The Morgan fingerprint density at radius 1 is 1.18 bits per heavy atom. The highest BCUT2D eigenvalue weighted by Crippen LogP contribution is 2.28. The molecule has 0 aliphatic rings. The van der Waals surface area contributed by atoms with Crippen molar-refractivity contribution in [3.63, 3.8) is 0 Å². The number of carbonyl (C=O) groups is 1. The molecule has 0 radical (unpaired) electrons. The molecule has 4 rings (SSSR count). The van der Waals surface area contributed by atoms with Crippen LogP contribution in [0, 0.1) is 34.6 Å². The van der Waals surface area contributed by atoms with E-state index in [-0.39, 0.29) is 24.4 Å². The SMILES string of the molecule is Cc1ccc(Cl)cc1-n1c(C)c(C)c2c(=O)n(CCC(=O)NCCc3c(C)noc3C)cnc21. The summed E-state index contributed by atoms with van der Waals surface area (Å²) in [6.45, 7) is 10.4. The Labute approximate surface area is 202 Å². The van der Waals surface area contributed by atoms with Gasteiger partial charge in [-0.25, -0.2) is 4.98 Å². The van der Waals surface area contributed by atoms with Gasteiger partial charge in [0.15, 0.2) is 5.65 Å². The molecule has 0 unspecified atom stereocenters. The van der Waals surface area contributed by atoms with E-state index >= 15 is 0 Å². The number of nitrogens with one attached hydrogen (secondary N) is 1. The van der Waals surface area contributed by atoms with Gasteiger partial charge in [-0.1, -0.05) is 22.8 Å². The van der Waals surface area contributed by atoms with Gasteiger partial charge in [0.25, 0.3) is 5.56 Å². The Morgan fingerprint density at radius 2 is 1.94 bits per heavy atom. The zero-order valence-corrected chi connectivity index (χ0v) is 20.8. The molecule has 0 aliphatic heterocycles. The van der Waals surface area contributed by atoms with Crippen LogP contribution in [0.4, 0.5) is 0 Å². The second-order valence-electron chi connectivity index (χ2n) is 8.57. The molecular weight excluding hydrogens is 454 g/mol. The van der Waals surface area contributed by atoms with Gasteiger partial charge in [0.05, 0.1) is 23.1 Å². The van der Waals surface area contributed by atoms with Crippen LogP contribution in [-0.2, 0) is 17.8 Å². The summed E-state index contributed by atoms with van der Waals surface area (Å²) in [7, 11) is 0. The summed E-state index contributed by atoms with van der Waals surface area (Å²) in [6.07, 6.45) is 2.34. The van der Waals surface area contributed by atoms with Crippen molar-refractivity contribution in [3.05, 3.63) is 73.7 Å². The summed E-state index contributed by atoms with van der Waals surface area (Å²) in [5, 5.41) is 8.00. The number of aryl methyl sites for hydroxylation is 5. The van der Waals surface area contributed by atoms with E-state index in [0.29, 0.717) is 29.0 Å². The number of benzene rings is 1. The lowest BCUT2D eigenvalue weighted by Gasteiger charge is -2.12. The molecule has 178 valence electrons. The fraction of sp³-hybridized carbons (Fsp3) is 0.360. The van der Waals surface area contributed by atoms with Gasteiger partial charge in [0.1, 0.15) is 5.76 Å². The fourth-order valence-corrected chi connectivity index (χ4v) is 4.43. The standard InChI is InChI=1S/C25H28ClN5O3/c1-14-6-7-19(26)12-21(14)31-17(4)15(2)23-24(31)28-13-30(25(23)33)11-9-22(32)27-10-8-20-16(3)29-34-18(20)5/h6-7,12-13H,8-11H2,1-5H3,(H,27,32). The molecule has 0 saturated heterocycles. The van der Waals surface area contributed by atoms with E-state index in [2.05, 4.69) is 15.5 Å². The third kappa shape index (κ3) is 4.37. The Kier molecular flexibility index (Phi) is 6.61. The van der Waals surface area contributed by atoms with Crippen LogP contribution in [0.15, 0.2) is 33.8 Å². The largest absolute Gasteiger partial charge is 0.361 e. The highest BCUT2D eigenvalue weighted by Gasteiger charge is 2.19. The minimum atomic E-state index is -0.160. The van der Waals surface area contributed by atoms with E-state index in [1.165, 1.54) is 10.9 Å². The zero-order chi connectivity index (χ0) is 24.6. The average Bonchev–Trinajstić information content (AvgIpc) is 3.25. The Bertz CT molecular complexity index is 1430. The second-order valence-corrected chi connectivity index (χ2v) is 9.01. The van der Waals surface area contributed by atoms with Crippen molar-refractivity contribution in [3.8, 4) is 5.69 Å². The maximum absolute atomic E-state index is 13.3. The monoisotopic (exact) mass is 481 g/mol. The van der Waals surface area contributed by atoms with Crippen LogP contribution in [0.5, 0.6) is 0 Å². The topological polar surface area (TPSA) is 95.0 Å².